The summed E-state index contributed by atoms with van der Waals surface area (Å²) in [6, 6.07) is 1.98. The van der Waals surface area contributed by atoms with Crippen molar-refractivity contribution < 1.29 is 4.92 Å². The Hall–Kier alpha value is -1.55. The molecule has 0 spiro atoms. The van der Waals surface area contributed by atoms with Crippen molar-refractivity contribution in [2.45, 2.75) is 11.4 Å². The van der Waals surface area contributed by atoms with Gasteiger partial charge in [-0.25, -0.2) is 0 Å². The first-order valence-electron chi connectivity index (χ1n) is 3.82. The molecule has 0 aliphatic heterocycles. The van der Waals surface area contributed by atoms with Crippen molar-refractivity contribution in [3.05, 3.63) is 16.4 Å². The summed E-state index contributed by atoms with van der Waals surface area (Å²) in [5.74, 6) is 0.395. The molecule has 0 amide bonds. The molecule has 0 bridgehead atoms. The molecule has 0 N–H and O–H groups in total. The van der Waals surface area contributed by atoms with Gasteiger partial charge in [0.25, 0.3) is 0 Å². The van der Waals surface area contributed by atoms with Gasteiger partial charge < -0.3 is 14.7 Å². The van der Waals surface area contributed by atoms with E-state index in [9.17, 15) is 10.1 Å². The molecular formula is C7H8N4O2S. The molecule has 1 aromatic rings. The zero-order valence-electron chi connectivity index (χ0n) is 7.51. The molecular weight excluding hydrogens is 204 g/mol. The zero-order chi connectivity index (χ0) is 10.6. The van der Waals surface area contributed by atoms with E-state index < -0.39 is 4.92 Å². The molecule has 6 nitrogen and oxygen atoms in total. The van der Waals surface area contributed by atoms with E-state index in [1.807, 2.05) is 6.07 Å². The van der Waals surface area contributed by atoms with Gasteiger partial charge in [0.15, 0.2) is 5.03 Å². The van der Waals surface area contributed by atoms with Gasteiger partial charge in [-0.05, 0) is 9.91 Å². The third kappa shape index (κ3) is 2.23. The molecule has 0 aliphatic carbocycles. The Morgan fingerprint density at radius 1 is 1.86 bits per heavy atom. The van der Waals surface area contributed by atoms with Gasteiger partial charge in [0.1, 0.15) is 0 Å². The number of hydrogen-bond donors (Lipinski definition) is 0. The summed E-state index contributed by atoms with van der Waals surface area (Å²) >= 11 is 1.27. The van der Waals surface area contributed by atoms with Crippen LogP contribution in [0.5, 0.6) is 0 Å². The van der Waals surface area contributed by atoms with Crippen LogP contribution in [-0.4, -0.2) is 20.2 Å². The highest BCUT2D eigenvalue weighted by atomic mass is 32.2. The number of hydrogen-bond acceptors (Lipinski definition) is 5. The maximum atomic E-state index is 10.5. The van der Waals surface area contributed by atoms with E-state index in [2.05, 4.69) is 4.98 Å². The van der Waals surface area contributed by atoms with Crippen LogP contribution in [0.4, 0.5) is 5.82 Å². The number of rotatable bonds is 4. The quantitative estimate of drug-likeness (QED) is 0.325. The minimum Gasteiger partial charge on any atom is -0.358 e. The van der Waals surface area contributed by atoms with E-state index >= 15 is 0 Å². The third-order valence-electron chi connectivity index (χ3n) is 1.49. The predicted octanol–water partition coefficient (Wildman–Crippen LogP) is 1.33. The lowest BCUT2D eigenvalue weighted by atomic mass is 10.6. The largest absolute Gasteiger partial charge is 0.395 e. The van der Waals surface area contributed by atoms with Crippen molar-refractivity contribution in [1.29, 1.82) is 5.26 Å². The van der Waals surface area contributed by atoms with Gasteiger partial charge in [-0.1, -0.05) is 11.8 Å². The first-order chi connectivity index (χ1) is 6.66. The molecule has 74 valence electrons. The molecule has 1 aromatic heterocycles. The predicted molar refractivity (Wildman–Crippen MR) is 50.8 cm³/mol. The summed E-state index contributed by atoms with van der Waals surface area (Å²) in [5.41, 5.74) is 0. The van der Waals surface area contributed by atoms with Crippen molar-refractivity contribution in [2.24, 2.45) is 7.05 Å². The maximum Gasteiger partial charge on any atom is 0.395 e. The van der Waals surface area contributed by atoms with Crippen LogP contribution in [0.15, 0.2) is 11.4 Å². The lowest BCUT2D eigenvalue weighted by molar-refractivity contribution is -0.392. The van der Waals surface area contributed by atoms with Crippen molar-refractivity contribution in [3.8, 4) is 6.07 Å². The third-order valence-corrected chi connectivity index (χ3v) is 2.64. The van der Waals surface area contributed by atoms with E-state index in [0.29, 0.717) is 17.2 Å². The highest BCUT2D eigenvalue weighted by Gasteiger charge is 2.19. The molecule has 0 radical (unpaired) electrons. The van der Waals surface area contributed by atoms with Crippen molar-refractivity contribution in [3.63, 3.8) is 0 Å². The Kier molecular flexibility index (Phi) is 3.48. The van der Waals surface area contributed by atoms with E-state index in [-0.39, 0.29) is 5.82 Å². The van der Waals surface area contributed by atoms with Crippen molar-refractivity contribution in [2.75, 3.05) is 5.75 Å². The fourth-order valence-corrected chi connectivity index (χ4v) is 1.79. The standard InChI is InChI=1S/C7H8N4O2S/c1-10-5-9-6(11(12)13)7(10)14-4-2-3-8/h5H,2,4H2,1H3. The molecule has 0 saturated heterocycles. The van der Waals surface area contributed by atoms with Crippen LogP contribution in [0.3, 0.4) is 0 Å². The molecule has 0 atom stereocenters. The number of thioether (sulfide) groups is 1. The second kappa shape index (κ2) is 4.62. The van der Waals surface area contributed by atoms with Gasteiger partial charge in [-0.15, -0.1) is 0 Å². The fraction of sp³-hybridized carbons (Fsp3) is 0.429. The van der Waals surface area contributed by atoms with Crippen LogP contribution in [0.25, 0.3) is 0 Å². The molecule has 1 rings (SSSR count). The topological polar surface area (TPSA) is 84.8 Å². The fourth-order valence-electron chi connectivity index (χ4n) is 0.892. The van der Waals surface area contributed by atoms with Crippen LogP contribution in [0.1, 0.15) is 6.42 Å². The number of nitro groups is 1. The molecule has 0 aromatic carbocycles. The Balaban J connectivity index is 2.79. The maximum absolute atomic E-state index is 10.5. The molecule has 1 heterocycles. The minimum absolute atomic E-state index is 0.143. The molecule has 0 aliphatic rings. The SMILES string of the molecule is Cn1cnc([N+](=O)[O-])c1SCCC#N. The smallest absolute Gasteiger partial charge is 0.358 e. The zero-order valence-corrected chi connectivity index (χ0v) is 8.32. The van der Waals surface area contributed by atoms with Crippen molar-refractivity contribution >= 4 is 17.6 Å². The molecule has 0 unspecified atom stereocenters. The Bertz CT molecular complexity index is 382. The second-order valence-corrected chi connectivity index (χ2v) is 3.58. The number of nitriles is 1. The van der Waals surface area contributed by atoms with Gasteiger partial charge >= 0.3 is 5.82 Å². The van der Waals surface area contributed by atoms with Crippen LogP contribution < -0.4 is 0 Å². The van der Waals surface area contributed by atoms with Crippen LogP contribution in [0, 0.1) is 21.4 Å². The lowest BCUT2D eigenvalue weighted by Gasteiger charge is -1.98. The van der Waals surface area contributed by atoms with Gasteiger partial charge in [0.05, 0.1) is 6.07 Å². The summed E-state index contributed by atoms with van der Waals surface area (Å²) in [6.45, 7) is 0. The molecule has 7 heteroatoms. The van der Waals surface area contributed by atoms with Gasteiger partial charge in [0.2, 0.25) is 6.33 Å². The normalized spacial score (nSPS) is 9.71. The number of aromatic nitrogens is 2. The van der Waals surface area contributed by atoms with E-state index in [1.54, 1.807) is 11.6 Å². The van der Waals surface area contributed by atoms with Crippen LogP contribution >= 0.6 is 11.8 Å². The van der Waals surface area contributed by atoms with Gasteiger partial charge in [-0.2, -0.15) is 5.26 Å². The number of aryl methyl sites for hydroxylation is 1. The monoisotopic (exact) mass is 212 g/mol. The summed E-state index contributed by atoms with van der Waals surface area (Å²) in [7, 11) is 1.69. The van der Waals surface area contributed by atoms with Crippen molar-refractivity contribution in [1.82, 2.24) is 9.55 Å². The molecule has 0 saturated carbocycles. The van der Waals surface area contributed by atoms with Crippen LogP contribution in [-0.2, 0) is 7.05 Å². The summed E-state index contributed by atoms with van der Waals surface area (Å²) in [5, 5.41) is 19.3. The van der Waals surface area contributed by atoms with Crippen LogP contribution in [0.2, 0.25) is 0 Å². The van der Waals surface area contributed by atoms with Gasteiger partial charge in [0, 0.05) is 19.2 Å². The highest BCUT2D eigenvalue weighted by molar-refractivity contribution is 7.99. The van der Waals surface area contributed by atoms with E-state index in [1.165, 1.54) is 18.1 Å². The average Bonchev–Trinajstić information content (AvgIpc) is 2.48. The summed E-state index contributed by atoms with van der Waals surface area (Å²) < 4.78 is 1.58. The summed E-state index contributed by atoms with van der Waals surface area (Å²) in [4.78, 5) is 13.7. The second-order valence-electron chi connectivity index (χ2n) is 2.50. The van der Waals surface area contributed by atoms with E-state index in [0.717, 1.165) is 0 Å². The van der Waals surface area contributed by atoms with E-state index in [4.69, 9.17) is 5.26 Å². The minimum atomic E-state index is -0.519. The number of imidazole rings is 1. The average molecular weight is 212 g/mol. The Labute approximate surface area is 84.7 Å². The number of nitrogens with zero attached hydrogens (tertiary/aromatic N) is 4. The van der Waals surface area contributed by atoms with Gasteiger partial charge in [-0.3, -0.25) is 0 Å². The lowest BCUT2D eigenvalue weighted by Crippen LogP contribution is -1.94. The molecule has 0 fully saturated rings. The first-order valence-corrected chi connectivity index (χ1v) is 4.81. The first kappa shape index (κ1) is 10.5. The Morgan fingerprint density at radius 3 is 3.14 bits per heavy atom. The summed E-state index contributed by atoms with van der Waals surface area (Å²) in [6.07, 6.45) is 1.76. The Morgan fingerprint density at radius 2 is 2.57 bits per heavy atom. The highest BCUT2D eigenvalue weighted by Crippen LogP contribution is 2.27. The molecule has 14 heavy (non-hydrogen) atoms.